The van der Waals surface area contributed by atoms with Gasteiger partial charge in [0.15, 0.2) is 5.13 Å². The summed E-state index contributed by atoms with van der Waals surface area (Å²) >= 11 is 6.10. The zero-order chi connectivity index (χ0) is 32.5. The van der Waals surface area contributed by atoms with Gasteiger partial charge in [0.05, 0.1) is 10.9 Å². The Morgan fingerprint density at radius 3 is 2.43 bits per heavy atom. The highest BCUT2D eigenvalue weighted by atomic mass is 79.9. The van der Waals surface area contributed by atoms with Crippen LogP contribution in [0.15, 0.2) is 124 Å². The number of benzene rings is 4. The minimum atomic E-state index is -0.503. The Balaban J connectivity index is 1.27. The molecule has 1 aromatic heterocycles. The molecule has 4 aromatic carbocycles. The first-order valence-electron chi connectivity index (χ1n) is 14.2. The zero-order valence-corrected chi connectivity index (χ0v) is 27.7. The van der Waals surface area contributed by atoms with Crippen molar-refractivity contribution in [1.29, 1.82) is 0 Å². The number of hydrogen-bond donors (Lipinski definition) is 3. The van der Waals surface area contributed by atoms with Gasteiger partial charge in [0.25, 0.3) is 11.8 Å². The first kappa shape index (κ1) is 32.8. The van der Waals surface area contributed by atoms with E-state index in [0.717, 1.165) is 20.5 Å². The Bertz CT molecular complexity index is 1880. The molecular formula is C35H28BrFN4O3S2. The summed E-state index contributed by atoms with van der Waals surface area (Å²) in [4.78, 5) is 44.9. The summed E-state index contributed by atoms with van der Waals surface area (Å²) in [7, 11) is 0. The summed E-state index contributed by atoms with van der Waals surface area (Å²) in [6, 6.07) is 29.2. The number of rotatable bonds is 11. The van der Waals surface area contributed by atoms with E-state index >= 15 is 0 Å². The number of thiazole rings is 1. The largest absolute Gasteiger partial charge is 0.321 e. The number of thioether (sulfide) groups is 1. The predicted molar refractivity (Wildman–Crippen MR) is 187 cm³/mol. The summed E-state index contributed by atoms with van der Waals surface area (Å²) in [5.41, 5.74) is 3.12. The smallest absolute Gasteiger partial charge is 0.272 e. The van der Waals surface area contributed by atoms with E-state index in [2.05, 4.69) is 36.9 Å². The number of carbonyl (C=O) groups excluding carboxylic acids is 3. The molecule has 5 aromatic rings. The monoisotopic (exact) mass is 714 g/mol. The molecule has 11 heteroatoms. The molecule has 5 rings (SSSR count). The van der Waals surface area contributed by atoms with E-state index in [1.54, 1.807) is 60.7 Å². The molecule has 1 atom stereocenters. The zero-order valence-electron chi connectivity index (χ0n) is 24.5. The quantitative estimate of drug-likeness (QED) is 0.0940. The first-order chi connectivity index (χ1) is 22.3. The van der Waals surface area contributed by atoms with Gasteiger partial charge in [-0.05, 0) is 84.8 Å². The van der Waals surface area contributed by atoms with Crippen LogP contribution in [0.4, 0.5) is 15.2 Å². The number of halogens is 2. The van der Waals surface area contributed by atoms with Crippen LogP contribution in [-0.4, -0.2) is 28.0 Å². The summed E-state index contributed by atoms with van der Waals surface area (Å²) in [5.74, 6) is -1.45. The van der Waals surface area contributed by atoms with E-state index < -0.39 is 17.1 Å². The highest BCUT2D eigenvalue weighted by Gasteiger charge is 2.21. The van der Waals surface area contributed by atoms with Crippen LogP contribution >= 0.6 is 39.0 Å². The summed E-state index contributed by atoms with van der Waals surface area (Å²) in [6.07, 6.45) is 2.16. The molecule has 0 bridgehead atoms. The number of carbonyl (C=O) groups is 3. The lowest BCUT2D eigenvalue weighted by Gasteiger charge is -2.15. The third kappa shape index (κ3) is 9.00. The second kappa shape index (κ2) is 15.6. The van der Waals surface area contributed by atoms with Crippen LogP contribution in [-0.2, 0) is 9.59 Å². The van der Waals surface area contributed by atoms with Crippen molar-refractivity contribution < 1.29 is 18.8 Å². The topological polar surface area (TPSA) is 100 Å². The maximum Gasteiger partial charge on any atom is 0.272 e. The van der Waals surface area contributed by atoms with Crippen molar-refractivity contribution in [2.45, 2.75) is 23.5 Å². The van der Waals surface area contributed by atoms with Gasteiger partial charge < -0.3 is 16.0 Å². The van der Waals surface area contributed by atoms with Gasteiger partial charge in [-0.25, -0.2) is 9.37 Å². The van der Waals surface area contributed by atoms with Crippen molar-refractivity contribution >= 4 is 73.6 Å². The van der Waals surface area contributed by atoms with Crippen LogP contribution in [0.25, 0.3) is 17.3 Å². The molecule has 0 aliphatic heterocycles. The molecule has 0 saturated heterocycles. The van der Waals surface area contributed by atoms with E-state index in [0.29, 0.717) is 28.5 Å². The van der Waals surface area contributed by atoms with Gasteiger partial charge in [-0.2, -0.15) is 0 Å². The number of amides is 3. The third-order valence-electron chi connectivity index (χ3n) is 6.60. The summed E-state index contributed by atoms with van der Waals surface area (Å²) < 4.78 is 14.1. The lowest BCUT2D eigenvalue weighted by Crippen LogP contribution is -2.30. The molecule has 0 aliphatic carbocycles. The fourth-order valence-electron chi connectivity index (χ4n) is 4.31. The van der Waals surface area contributed by atoms with Crippen molar-refractivity contribution in [2.75, 3.05) is 10.6 Å². The van der Waals surface area contributed by atoms with Gasteiger partial charge in [0.1, 0.15) is 11.5 Å². The fourth-order valence-corrected chi connectivity index (χ4v) is 6.46. The third-order valence-corrected chi connectivity index (χ3v) is 9.21. The number of aromatic nitrogens is 1. The molecule has 1 unspecified atom stereocenters. The Kier molecular flexibility index (Phi) is 11.1. The van der Waals surface area contributed by atoms with Gasteiger partial charge in [-0.15, -0.1) is 23.1 Å². The first-order valence-corrected chi connectivity index (χ1v) is 16.8. The average Bonchev–Trinajstić information content (AvgIpc) is 3.52. The second-order valence-electron chi connectivity index (χ2n) is 9.96. The van der Waals surface area contributed by atoms with Crippen molar-refractivity contribution in [3.63, 3.8) is 0 Å². The Morgan fingerprint density at radius 2 is 1.70 bits per heavy atom. The highest BCUT2D eigenvalue weighted by Crippen LogP contribution is 2.30. The van der Waals surface area contributed by atoms with E-state index in [1.807, 2.05) is 48.7 Å². The second-order valence-corrected chi connectivity index (χ2v) is 13.0. The van der Waals surface area contributed by atoms with Crippen LogP contribution in [0.2, 0.25) is 0 Å². The van der Waals surface area contributed by atoms with Crippen LogP contribution in [0.1, 0.15) is 29.3 Å². The van der Waals surface area contributed by atoms with Crippen molar-refractivity contribution in [2.24, 2.45) is 0 Å². The van der Waals surface area contributed by atoms with E-state index in [9.17, 15) is 18.8 Å². The van der Waals surface area contributed by atoms with Gasteiger partial charge in [-0.3, -0.25) is 14.4 Å². The van der Waals surface area contributed by atoms with Gasteiger partial charge in [0.2, 0.25) is 5.91 Å². The minimum Gasteiger partial charge on any atom is -0.321 e. The standard InChI is InChI=1S/C35H28BrFN4O3S2/c1-2-31(34(44)41-35-40-30(21-45-35)23-14-16-26(37)17-15-23)46-28-13-7-12-27(20-28)38-33(43)29(19-22-8-6-11-25(36)18-22)39-32(42)24-9-4-3-5-10-24/h3-21,31H,2H2,1H3,(H,38,43)(H,39,42)(H,40,41,44)/b29-19+. The minimum absolute atomic E-state index is 0.0688. The number of anilines is 2. The molecule has 0 aliphatic rings. The number of nitrogens with one attached hydrogen (secondary N) is 3. The predicted octanol–water partition coefficient (Wildman–Crippen LogP) is 8.63. The van der Waals surface area contributed by atoms with Crippen molar-refractivity contribution in [1.82, 2.24) is 10.3 Å². The SMILES string of the molecule is CCC(Sc1cccc(NC(=O)/C(=C\c2cccc(Br)c2)NC(=O)c2ccccc2)c1)C(=O)Nc1nc(-c2ccc(F)cc2)cs1. The Hall–Kier alpha value is -4.58. The summed E-state index contributed by atoms with van der Waals surface area (Å²) in [5, 5.41) is 10.3. The van der Waals surface area contributed by atoms with Gasteiger partial charge in [-0.1, -0.05) is 59.3 Å². The van der Waals surface area contributed by atoms with E-state index in [4.69, 9.17) is 0 Å². The molecule has 3 N–H and O–H groups in total. The van der Waals surface area contributed by atoms with Gasteiger partial charge in [0, 0.05) is 31.6 Å². The number of nitrogens with zero attached hydrogens (tertiary/aromatic N) is 1. The fraction of sp³-hybridized carbons (Fsp3) is 0.0857. The summed E-state index contributed by atoms with van der Waals surface area (Å²) in [6.45, 7) is 1.92. The maximum atomic E-state index is 13.5. The maximum absolute atomic E-state index is 13.5. The Morgan fingerprint density at radius 1 is 0.935 bits per heavy atom. The van der Waals surface area contributed by atoms with Gasteiger partial charge >= 0.3 is 0 Å². The molecule has 0 saturated carbocycles. The molecule has 46 heavy (non-hydrogen) atoms. The van der Waals surface area contributed by atoms with Crippen LogP contribution in [0, 0.1) is 5.82 Å². The molecule has 0 fully saturated rings. The van der Waals surface area contributed by atoms with Crippen molar-refractivity contribution in [3.8, 4) is 11.3 Å². The molecule has 7 nitrogen and oxygen atoms in total. The molecule has 0 spiro atoms. The van der Waals surface area contributed by atoms with Crippen LogP contribution in [0.5, 0.6) is 0 Å². The lowest BCUT2D eigenvalue weighted by molar-refractivity contribution is -0.116. The van der Waals surface area contributed by atoms with Crippen LogP contribution in [0.3, 0.4) is 0 Å². The normalized spacial score (nSPS) is 11.8. The molecular weight excluding hydrogens is 687 g/mol. The van der Waals surface area contributed by atoms with Crippen LogP contribution < -0.4 is 16.0 Å². The number of hydrogen-bond acceptors (Lipinski definition) is 6. The average molecular weight is 716 g/mol. The van der Waals surface area contributed by atoms with E-state index in [1.165, 1.54) is 35.2 Å². The highest BCUT2D eigenvalue weighted by molar-refractivity contribution is 9.10. The lowest BCUT2D eigenvalue weighted by atomic mass is 10.1. The Labute approximate surface area is 282 Å². The molecule has 3 amide bonds. The molecule has 1 heterocycles. The van der Waals surface area contributed by atoms with Crippen molar-refractivity contribution in [3.05, 3.63) is 136 Å². The van der Waals surface area contributed by atoms with E-state index in [-0.39, 0.29) is 17.4 Å². The molecule has 0 radical (unpaired) electrons. The molecule has 232 valence electrons.